The summed E-state index contributed by atoms with van der Waals surface area (Å²) in [5.41, 5.74) is 6.50. The van der Waals surface area contributed by atoms with Crippen LogP contribution in [0.25, 0.3) is 0 Å². The fourth-order valence-electron chi connectivity index (χ4n) is 2.02. The average Bonchev–Trinajstić information content (AvgIpc) is 2.31. The lowest BCUT2D eigenvalue weighted by Crippen LogP contribution is -2.54. The number of carbonyl (C=O) groups is 1. The molecule has 1 aliphatic heterocycles. The van der Waals surface area contributed by atoms with E-state index in [9.17, 15) is 14.9 Å². The Morgan fingerprint density at radius 1 is 1.50 bits per heavy atom. The molecule has 1 amide bonds. The van der Waals surface area contributed by atoms with Crippen molar-refractivity contribution in [2.75, 3.05) is 23.7 Å². The first kappa shape index (κ1) is 12.2. The van der Waals surface area contributed by atoms with Crippen LogP contribution in [0.1, 0.15) is 6.92 Å². The zero-order chi connectivity index (χ0) is 13.3. The van der Waals surface area contributed by atoms with Crippen molar-refractivity contribution in [2.45, 2.75) is 13.0 Å². The van der Waals surface area contributed by atoms with E-state index in [4.69, 9.17) is 5.73 Å². The van der Waals surface area contributed by atoms with Gasteiger partial charge < -0.3 is 16.0 Å². The molecule has 3 N–H and O–H groups in total. The summed E-state index contributed by atoms with van der Waals surface area (Å²) in [7, 11) is 0. The van der Waals surface area contributed by atoms with E-state index >= 15 is 0 Å². The van der Waals surface area contributed by atoms with Crippen molar-refractivity contribution in [2.24, 2.45) is 0 Å². The molecular weight excluding hydrogens is 236 g/mol. The van der Waals surface area contributed by atoms with Gasteiger partial charge in [-0.15, -0.1) is 0 Å². The van der Waals surface area contributed by atoms with Crippen LogP contribution in [0.2, 0.25) is 0 Å². The van der Waals surface area contributed by atoms with Gasteiger partial charge in [-0.1, -0.05) is 0 Å². The number of benzene rings is 1. The molecule has 1 aliphatic rings. The second-order valence-corrected chi connectivity index (χ2v) is 4.20. The third kappa shape index (κ3) is 2.20. The fourth-order valence-corrected chi connectivity index (χ4v) is 2.02. The van der Waals surface area contributed by atoms with Crippen molar-refractivity contribution in [3.8, 4) is 0 Å². The highest BCUT2D eigenvalue weighted by molar-refractivity contribution is 5.86. The Balaban J connectivity index is 2.38. The quantitative estimate of drug-likeness (QED) is 0.452. The largest absolute Gasteiger partial charge is 0.398 e. The second-order valence-electron chi connectivity index (χ2n) is 4.20. The number of carbonyl (C=O) groups excluding carboxylic acids is 1. The summed E-state index contributed by atoms with van der Waals surface area (Å²) >= 11 is 0. The zero-order valence-corrected chi connectivity index (χ0v) is 9.92. The SMILES string of the molecule is CC1C(=O)NCCN1c1cc(N)cc([N+](=O)[O-])c1. The van der Waals surface area contributed by atoms with Gasteiger partial charge in [0.25, 0.3) is 5.69 Å². The average molecular weight is 250 g/mol. The summed E-state index contributed by atoms with van der Waals surface area (Å²) in [4.78, 5) is 23.7. The number of nitrogens with zero attached hydrogens (tertiary/aromatic N) is 2. The van der Waals surface area contributed by atoms with Gasteiger partial charge in [0.2, 0.25) is 5.91 Å². The monoisotopic (exact) mass is 250 g/mol. The number of amides is 1. The third-order valence-electron chi connectivity index (χ3n) is 2.97. The van der Waals surface area contributed by atoms with Crippen molar-refractivity contribution >= 4 is 23.0 Å². The van der Waals surface area contributed by atoms with Crippen LogP contribution < -0.4 is 16.0 Å². The van der Waals surface area contributed by atoms with Crippen LogP contribution in [-0.4, -0.2) is 30.0 Å². The highest BCUT2D eigenvalue weighted by Gasteiger charge is 2.26. The number of hydrogen-bond donors (Lipinski definition) is 2. The Labute approximate surface area is 104 Å². The first-order chi connectivity index (χ1) is 8.49. The Hall–Kier alpha value is -2.31. The number of non-ortho nitro benzene ring substituents is 1. The topological polar surface area (TPSA) is 102 Å². The van der Waals surface area contributed by atoms with Gasteiger partial charge in [-0.05, 0) is 13.0 Å². The Bertz CT molecular complexity index is 503. The molecule has 1 unspecified atom stereocenters. The highest BCUT2D eigenvalue weighted by Crippen LogP contribution is 2.27. The predicted molar refractivity (Wildman–Crippen MR) is 67.3 cm³/mol. The normalized spacial score (nSPS) is 19.5. The van der Waals surface area contributed by atoms with E-state index in [0.717, 1.165) is 0 Å². The Kier molecular flexibility index (Phi) is 3.05. The molecule has 1 atom stereocenters. The Morgan fingerprint density at radius 3 is 2.89 bits per heavy atom. The van der Waals surface area contributed by atoms with Crippen molar-refractivity contribution in [3.05, 3.63) is 28.3 Å². The minimum Gasteiger partial charge on any atom is -0.398 e. The second kappa shape index (κ2) is 4.52. The molecule has 0 aromatic heterocycles. The Morgan fingerprint density at radius 2 is 2.22 bits per heavy atom. The van der Waals surface area contributed by atoms with Crippen LogP contribution in [0.15, 0.2) is 18.2 Å². The molecular formula is C11H14N4O3. The molecule has 0 radical (unpaired) electrons. The maximum atomic E-state index is 11.6. The molecule has 0 spiro atoms. The summed E-state index contributed by atoms with van der Waals surface area (Å²) in [6.45, 7) is 2.88. The van der Waals surface area contributed by atoms with Crippen LogP contribution in [0.3, 0.4) is 0 Å². The van der Waals surface area contributed by atoms with Crippen molar-refractivity contribution in [3.63, 3.8) is 0 Å². The number of rotatable bonds is 2. The molecule has 1 saturated heterocycles. The molecule has 2 rings (SSSR count). The molecule has 0 bridgehead atoms. The van der Waals surface area contributed by atoms with Gasteiger partial charge in [0.15, 0.2) is 0 Å². The van der Waals surface area contributed by atoms with E-state index in [2.05, 4.69) is 5.32 Å². The molecule has 0 aliphatic carbocycles. The first-order valence-corrected chi connectivity index (χ1v) is 5.58. The lowest BCUT2D eigenvalue weighted by Gasteiger charge is -2.34. The molecule has 1 aromatic rings. The minimum absolute atomic E-state index is 0.0665. The number of nitro groups is 1. The van der Waals surface area contributed by atoms with E-state index < -0.39 is 4.92 Å². The van der Waals surface area contributed by atoms with Gasteiger partial charge in [-0.2, -0.15) is 0 Å². The summed E-state index contributed by atoms with van der Waals surface area (Å²) in [5, 5.41) is 13.5. The van der Waals surface area contributed by atoms with Gasteiger partial charge in [-0.3, -0.25) is 14.9 Å². The summed E-state index contributed by atoms with van der Waals surface area (Å²) in [5.74, 6) is -0.0914. The summed E-state index contributed by atoms with van der Waals surface area (Å²) < 4.78 is 0. The molecule has 7 heteroatoms. The maximum Gasteiger partial charge on any atom is 0.273 e. The minimum atomic E-state index is -0.492. The molecule has 1 aromatic carbocycles. The van der Waals surface area contributed by atoms with E-state index in [1.165, 1.54) is 12.1 Å². The van der Waals surface area contributed by atoms with E-state index in [-0.39, 0.29) is 17.6 Å². The molecule has 7 nitrogen and oxygen atoms in total. The number of nitrogens with one attached hydrogen (secondary N) is 1. The number of hydrogen-bond acceptors (Lipinski definition) is 5. The number of anilines is 2. The lowest BCUT2D eigenvalue weighted by atomic mass is 10.1. The van der Waals surface area contributed by atoms with E-state index in [1.54, 1.807) is 13.0 Å². The molecule has 0 saturated carbocycles. The fraction of sp³-hybridized carbons (Fsp3) is 0.364. The molecule has 96 valence electrons. The van der Waals surface area contributed by atoms with Crippen LogP contribution >= 0.6 is 0 Å². The van der Waals surface area contributed by atoms with Crippen molar-refractivity contribution in [1.29, 1.82) is 0 Å². The maximum absolute atomic E-state index is 11.6. The molecule has 1 heterocycles. The van der Waals surface area contributed by atoms with Gasteiger partial charge >= 0.3 is 0 Å². The summed E-state index contributed by atoms with van der Waals surface area (Å²) in [6, 6.07) is 4.02. The highest BCUT2D eigenvalue weighted by atomic mass is 16.6. The first-order valence-electron chi connectivity index (χ1n) is 5.58. The summed E-state index contributed by atoms with van der Waals surface area (Å²) in [6.07, 6.45) is 0. The number of piperazine rings is 1. The van der Waals surface area contributed by atoms with Gasteiger partial charge in [0.05, 0.1) is 4.92 Å². The number of nitrogens with two attached hydrogens (primary N) is 1. The number of nitrogen functional groups attached to an aromatic ring is 1. The number of nitro benzene ring substituents is 1. The van der Waals surface area contributed by atoms with Crippen LogP contribution in [0.4, 0.5) is 17.1 Å². The van der Waals surface area contributed by atoms with E-state index in [1.807, 2.05) is 4.90 Å². The van der Waals surface area contributed by atoms with Crippen molar-refractivity contribution < 1.29 is 9.72 Å². The van der Waals surface area contributed by atoms with Gasteiger partial charge in [-0.25, -0.2) is 0 Å². The van der Waals surface area contributed by atoms with Gasteiger partial charge in [0.1, 0.15) is 6.04 Å². The third-order valence-corrected chi connectivity index (χ3v) is 2.97. The smallest absolute Gasteiger partial charge is 0.273 e. The van der Waals surface area contributed by atoms with Crippen LogP contribution in [0, 0.1) is 10.1 Å². The predicted octanol–water partition coefficient (Wildman–Crippen LogP) is 0.502. The van der Waals surface area contributed by atoms with Crippen LogP contribution in [-0.2, 0) is 4.79 Å². The molecule has 18 heavy (non-hydrogen) atoms. The standard InChI is InChI=1S/C11H14N4O3/c1-7-11(16)13-2-3-14(7)9-4-8(12)5-10(6-9)15(17)18/h4-7H,2-3,12H2,1H3,(H,13,16). The lowest BCUT2D eigenvalue weighted by molar-refractivity contribution is -0.384. The van der Waals surface area contributed by atoms with E-state index in [0.29, 0.717) is 24.5 Å². The van der Waals surface area contributed by atoms with Gasteiger partial charge in [0, 0.05) is 36.6 Å². The molecule has 1 fully saturated rings. The van der Waals surface area contributed by atoms with Crippen LogP contribution in [0.5, 0.6) is 0 Å². The zero-order valence-electron chi connectivity index (χ0n) is 9.92. The van der Waals surface area contributed by atoms with Crippen molar-refractivity contribution in [1.82, 2.24) is 5.32 Å².